The molecule has 0 aromatic heterocycles. The molecule has 86 valence electrons. The van der Waals surface area contributed by atoms with Gasteiger partial charge in [0.05, 0.1) is 7.11 Å². The van der Waals surface area contributed by atoms with E-state index in [-0.39, 0.29) is 11.8 Å². The van der Waals surface area contributed by atoms with Gasteiger partial charge in [-0.05, 0) is 24.0 Å². The lowest BCUT2D eigenvalue weighted by atomic mass is 10.1. The van der Waals surface area contributed by atoms with Gasteiger partial charge in [0.2, 0.25) is 5.91 Å². The molecule has 3 nitrogen and oxygen atoms in total. The zero-order valence-electron chi connectivity index (χ0n) is 9.31. The third-order valence-electron chi connectivity index (χ3n) is 3.00. The molecule has 1 aliphatic rings. The van der Waals surface area contributed by atoms with Gasteiger partial charge < -0.3 is 0 Å². The van der Waals surface area contributed by atoms with Crippen LogP contribution in [0.1, 0.15) is 17.9 Å². The van der Waals surface area contributed by atoms with Crippen LogP contribution in [-0.4, -0.2) is 25.1 Å². The standard InChI is InChI=1S/C12H14BrNO2/c1-14(16-2)12(15)10-7-9(10)8-5-3-4-6-11(8)13/h3-6,9-10H,7H2,1-2H3. The Morgan fingerprint density at radius 3 is 2.81 bits per heavy atom. The molecule has 1 aromatic rings. The summed E-state index contributed by atoms with van der Waals surface area (Å²) in [4.78, 5) is 16.7. The smallest absolute Gasteiger partial charge is 0.249 e. The van der Waals surface area contributed by atoms with Crippen molar-refractivity contribution in [2.75, 3.05) is 14.2 Å². The highest BCUT2D eigenvalue weighted by molar-refractivity contribution is 9.10. The number of hydrogen-bond acceptors (Lipinski definition) is 2. The average molecular weight is 284 g/mol. The maximum atomic E-state index is 11.8. The minimum atomic E-state index is 0.0586. The van der Waals surface area contributed by atoms with Gasteiger partial charge in [-0.2, -0.15) is 0 Å². The van der Waals surface area contributed by atoms with E-state index in [1.807, 2.05) is 18.2 Å². The maximum Gasteiger partial charge on any atom is 0.249 e. The molecular weight excluding hydrogens is 270 g/mol. The lowest BCUT2D eigenvalue weighted by Gasteiger charge is -2.13. The Bertz CT molecular complexity index is 408. The van der Waals surface area contributed by atoms with E-state index in [9.17, 15) is 4.79 Å². The van der Waals surface area contributed by atoms with Gasteiger partial charge in [0.15, 0.2) is 0 Å². The Hall–Kier alpha value is -0.870. The molecule has 0 heterocycles. The van der Waals surface area contributed by atoms with Gasteiger partial charge in [-0.25, -0.2) is 5.06 Å². The Morgan fingerprint density at radius 2 is 2.19 bits per heavy atom. The van der Waals surface area contributed by atoms with E-state index in [0.29, 0.717) is 5.92 Å². The quantitative estimate of drug-likeness (QED) is 0.798. The van der Waals surface area contributed by atoms with Crippen molar-refractivity contribution in [1.82, 2.24) is 5.06 Å². The van der Waals surface area contributed by atoms with Crippen LogP contribution in [0.5, 0.6) is 0 Å². The highest BCUT2D eigenvalue weighted by Crippen LogP contribution is 2.50. The van der Waals surface area contributed by atoms with Crippen molar-refractivity contribution in [3.8, 4) is 0 Å². The second kappa shape index (κ2) is 4.55. The van der Waals surface area contributed by atoms with Crippen LogP contribution in [0.4, 0.5) is 0 Å². The molecule has 1 saturated carbocycles. The first-order valence-corrected chi connectivity index (χ1v) is 6.00. The van der Waals surface area contributed by atoms with Gasteiger partial charge in [0.1, 0.15) is 0 Å². The summed E-state index contributed by atoms with van der Waals surface area (Å²) < 4.78 is 1.08. The highest BCUT2D eigenvalue weighted by Gasteiger charge is 2.46. The largest absolute Gasteiger partial charge is 0.275 e. The van der Waals surface area contributed by atoms with Crippen molar-refractivity contribution >= 4 is 21.8 Å². The van der Waals surface area contributed by atoms with E-state index in [2.05, 4.69) is 22.0 Å². The molecular formula is C12H14BrNO2. The summed E-state index contributed by atoms with van der Waals surface area (Å²) in [6.07, 6.45) is 0.912. The predicted octanol–water partition coefficient (Wildman–Crippen LogP) is 2.57. The van der Waals surface area contributed by atoms with Gasteiger partial charge in [-0.3, -0.25) is 9.63 Å². The molecule has 0 aliphatic heterocycles. The minimum Gasteiger partial charge on any atom is -0.275 e. The van der Waals surface area contributed by atoms with E-state index in [4.69, 9.17) is 4.84 Å². The monoisotopic (exact) mass is 283 g/mol. The van der Waals surface area contributed by atoms with E-state index >= 15 is 0 Å². The molecule has 0 saturated heterocycles. The van der Waals surface area contributed by atoms with E-state index in [1.165, 1.54) is 17.7 Å². The highest BCUT2D eigenvalue weighted by atomic mass is 79.9. The lowest BCUT2D eigenvalue weighted by molar-refractivity contribution is -0.170. The topological polar surface area (TPSA) is 29.5 Å². The summed E-state index contributed by atoms with van der Waals surface area (Å²) in [5.41, 5.74) is 1.21. The van der Waals surface area contributed by atoms with Crippen molar-refractivity contribution in [2.24, 2.45) is 5.92 Å². The molecule has 1 aliphatic carbocycles. The van der Waals surface area contributed by atoms with Gasteiger partial charge in [0.25, 0.3) is 0 Å². The molecule has 0 N–H and O–H groups in total. The molecule has 0 bridgehead atoms. The van der Waals surface area contributed by atoms with Crippen molar-refractivity contribution in [3.05, 3.63) is 34.3 Å². The summed E-state index contributed by atoms with van der Waals surface area (Å²) in [5, 5.41) is 1.31. The zero-order chi connectivity index (χ0) is 11.7. The van der Waals surface area contributed by atoms with Crippen molar-refractivity contribution < 1.29 is 9.63 Å². The first-order chi connectivity index (χ1) is 7.65. The van der Waals surface area contributed by atoms with E-state index in [1.54, 1.807) is 7.05 Å². The van der Waals surface area contributed by atoms with Crippen molar-refractivity contribution in [2.45, 2.75) is 12.3 Å². The summed E-state index contributed by atoms with van der Waals surface area (Å²) in [6.45, 7) is 0. The second-order valence-corrected chi connectivity index (χ2v) is 4.84. The van der Waals surface area contributed by atoms with Gasteiger partial charge in [-0.15, -0.1) is 0 Å². The number of hydrogen-bond donors (Lipinski definition) is 0. The minimum absolute atomic E-state index is 0.0586. The Morgan fingerprint density at radius 1 is 1.50 bits per heavy atom. The molecule has 16 heavy (non-hydrogen) atoms. The molecule has 0 spiro atoms. The number of halogens is 1. The molecule has 0 radical (unpaired) electrons. The zero-order valence-corrected chi connectivity index (χ0v) is 10.9. The summed E-state index contributed by atoms with van der Waals surface area (Å²) in [5.74, 6) is 0.465. The molecule has 1 amide bonds. The van der Waals surface area contributed by atoms with Crippen LogP contribution in [0, 0.1) is 5.92 Å². The number of carbonyl (C=O) groups is 1. The van der Waals surface area contributed by atoms with Crippen molar-refractivity contribution in [3.63, 3.8) is 0 Å². The van der Waals surface area contributed by atoms with Gasteiger partial charge in [-0.1, -0.05) is 34.1 Å². The fraction of sp³-hybridized carbons (Fsp3) is 0.417. The average Bonchev–Trinajstić information content (AvgIpc) is 3.07. The van der Waals surface area contributed by atoms with Crippen LogP contribution < -0.4 is 0 Å². The molecule has 2 atom stereocenters. The van der Waals surface area contributed by atoms with Crippen molar-refractivity contribution in [1.29, 1.82) is 0 Å². The third-order valence-corrected chi connectivity index (χ3v) is 3.72. The first-order valence-electron chi connectivity index (χ1n) is 5.21. The maximum absolute atomic E-state index is 11.8. The Labute approximate surface area is 103 Å². The lowest BCUT2D eigenvalue weighted by Crippen LogP contribution is -2.27. The predicted molar refractivity (Wildman–Crippen MR) is 64.8 cm³/mol. The second-order valence-electron chi connectivity index (χ2n) is 3.99. The fourth-order valence-electron chi connectivity index (χ4n) is 1.91. The van der Waals surface area contributed by atoms with Crippen LogP contribution in [0.2, 0.25) is 0 Å². The van der Waals surface area contributed by atoms with Crippen LogP contribution in [0.3, 0.4) is 0 Å². The fourth-order valence-corrected chi connectivity index (χ4v) is 2.49. The molecule has 1 fully saturated rings. The molecule has 4 heteroatoms. The first kappa shape index (κ1) is 11.6. The summed E-state index contributed by atoms with van der Waals surface area (Å²) >= 11 is 3.51. The van der Waals surface area contributed by atoms with Crippen LogP contribution in [0.25, 0.3) is 0 Å². The van der Waals surface area contributed by atoms with Crippen LogP contribution in [0.15, 0.2) is 28.7 Å². The summed E-state index contributed by atoms with van der Waals surface area (Å²) in [6, 6.07) is 8.05. The molecule has 1 aromatic carbocycles. The summed E-state index contributed by atoms with van der Waals surface area (Å²) in [7, 11) is 3.16. The number of rotatable bonds is 3. The van der Waals surface area contributed by atoms with Gasteiger partial charge in [0, 0.05) is 17.4 Å². The number of nitrogens with zero attached hydrogens (tertiary/aromatic N) is 1. The molecule has 2 unspecified atom stereocenters. The Balaban J connectivity index is 2.07. The number of carbonyl (C=O) groups excluding carboxylic acids is 1. The normalized spacial score (nSPS) is 22.9. The van der Waals surface area contributed by atoms with E-state index in [0.717, 1.165) is 10.9 Å². The number of hydroxylamine groups is 2. The molecule has 2 rings (SSSR count). The SMILES string of the molecule is CON(C)C(=O)C1CC1c1ccccc1Br. The van der Waals surface area contributed by atoms with E-state index < -0.39 is 0 Å². The third kappa shape index (κ3) is 2.13. The number of benzene rings is 1. The Kier molecular flexibility index (Phi) is 3.30. The van der Waals surface area contributed by atoms with Crippen LogP contribution >= 0.6 is 15.9 Å². The number of amides is 1. The van der Waals surface area contributed by atoms with Crippen LogP contribution in [-0.2, 0) is 9.63 Å². The van der Waals surface area contributed by atoms with Gasteiger partial charge >= 0.3 is 0 Å².